The van der Waals surface area contributed by atoms with Crippen molar-refractivity contribution in [2.24, 2.45) is 0 Å². The molecule has 0 N–H and O–H groups in total. The van der Waals surface area contributed by atoms with Crippen LogP contribution in [0.1, 0.15) is 18.9 Å². The first kappa shape index (κ1) is 13.8. The lowest BCUT2D eigenvalue weighted by molar-refractivity contribution is 0.213. The summed E-state index contributed by atoms with van der Waals surface area (Å²) in [6, 6.07) is 6.05. The van der Waals surface area contributed by atoms with Gasteiger partial charge >= 0.3 is 0 Å². The van der Waals surface area contributed by atoms with Crippen molar-refractivity contribution < 1.29 is 4.39 Å². The molecule has 0 aromatic heterocycles. The lowest BCUT2D eigenvalue weighted by Gasteiger charge is -2.40. The molecule has 1 aromatic carbocycles. The number of hydrogen-bond donors (Lipinski definition) is 0. The molecule has 1 atom stereocenters. The van der Waals surface area contributed by atoms with Crippen LogP contribution >= 0.6 is 15.9 Å². The highest BCUT2D eigenvalue weighted by molar-refractivity contribution is 9.08. The Labute approximate surface area is 117 Å². The van der Waals surface area contributed by atoms with Crippen molar-refractivity contribution in [3.05, 3.63) is 29.6 Å². The number of anilines is 1. The van der Waals surface area contributed by atoms with Gasteiger partial charge < -0.3 is 4.90 Å². The Balaban J connectivity index is 2.16. The second-order valence-electron chi connectivity index (χ2n) is 4.91. The zero-order valence-electron chi connectivity index (χ0n) is 11.0. The molecule has 18 heavy (non-hydrogen) atoms. The molecule has 1 fully saturated rings. The summed E-state index contributed by atoms with van der Waals surface area (Å²) in [5.74, 6) is -0.105. The molecular weight excluding hydrogens is 295 g/mol. The fourth-order valence-electron chi connectivity index (χ4n) is 2.50. The van der Waals surface area contributed by atoms with E-state index in [9.17, 15) is 4.39 Å². The van der Waals surface area contributed by atoms with Gasteiger partial charge in [0.15, 0.2) is 0 Å². The van der Waals surface area contributed by atoms with Gasteiger partial charge in [0.25, 0.3) is 0 Å². The summed E-state index contributed by atoms with van der Waals surface area (Å²) in [5.41, 5.74) is 1.73. The zero-order valence-corrected chi connectivity index (χ0v) is 12.6. The van der Waals surface area contributed by atoms with E-state index in [2.05, 4.69) is 39.7 Å². The predicted octanol–water partition coefficient (Wildman–Crippen LogP) is 3.25. The van der Waals surface area contributed by atoms with E-state index in [-0.39, 0.29) is 5.82 Å². The summed E-state index contributed by atoms with van der Waals surface area (Å²) < 4.78 is 14.1. The average molecular weight is 315 g/mol. The van der Waals surface area contributed by atoms with Gasteiger partial charge in [-0.05, 0) is 31.2 Å². The minimum Gasteiger partial charge on any atom is -0.366 e. The fraction of sp³-hybridized carbons (Fsp3) is 0.571. The van der Waals surface area contributed by atoms with Gasteiger partial charge in [0.05, 0.1) is 5.69 Å². The normalized spacial score (nSPS) is 21.3. The minimum atomic E-state index is -0.105. The Morgan fingerprint density at radius 1 is 1.39 bits per heavy atom. The number of hydrogen-bond acceptors (Lipinski definition) is 2. The lowest BCUT2D eigenvalue weighted by atomic mass is 10.1. The van der Waals surface area contributed by atoms with E-state index in [0.717, 1.165) is 37.3 Å². The monoisotopic (exact) mass is 314 g/mol. The van der Waals surface area contributed by atoms with Crippen LogP contribution in [-0.4, -0.2) is 37.6 Å². The second-order valence-corrected chi connectivity index (χ2v) is 5.47. The van der Waals surface area contributed by atoms with Crippen molar-refractivity contribution in [2.45, 2.75) is 24.7 Å². The van der Waals surface area contributed by atoms with E-state index < -0.39 is 0 Å². The van der Waals surface area contributed by atoms with E-state index in [1.54, 1.807) is 6.07 Å². The Bertz CT molecular complexity index is 411. The summed E-state index contributed by atoms with van der Waals surface area (Å²) in [6.07, 6.45) is 1.11. The Kier molecular flexibility index (Phi) is 4.62. The van der Waals surface area contributed by atoms with Crippen molar-refractivity contribution in [1.82, 2.24) is 4.90 Å². The van der Waals surface area contributed by atoms with E-state index >= 15 is 0 Å². The number of rotatable bonds is 3. The standard InChI is InChI=1S/C14H20BrFN2/c1-3-12-10-18(7-6-17(12)2)14-5-4-11(9-15)8-13(14)16/h4-5,8,12H,3,6-7,9-10H2,1-2H3. The Hall–Kier alpha value is -0.610. The third kappa shape index (κ3) is 2.86. The highest BCUT2D eigenvalue weighted by Gasteiger charge is 2.24. The number of nitrogens with zero attached hydrogens (tertiary/aromatic N) is 2. The number of halogens is 2. The van der Waals surface area contributed by atoms with Crippen LogP contribution in [0.15, 0.2) is 18.2 Å². The molecule has 1 saturated heterocycles. The largest absolute Gasteiger partial charge is 0.366 e. The zero-order chi connectivity index (χ0) is 13.1. The molecule has 4 heteroatoms. The SMILES string of the molecule is CCC1CN(c2ccc(CBr)cc2F)CCN1C. The molecule has 1 aliphatic rings. The first-order chi connectivity index (χ1) is 8.65. The van der Waals surface area contributed by atoms with Crippen LogP contribution in [0.5, 0.6) is 0 Å². The van der Waals surface area contributed by atoms with Crippen molar-refractivity contribution >= 4 is 21.6 Å². The van der Waals surface area contributed by atoms with Crippen LogP contribution in [0.4, 0.5) is 10.1 Å². The maximum absolute atomic E-state index is 14.1. The van der Waals surface area contributed by atoms with Gasteiger partial charge in [0.2, 0.25) is 0 Å². The molecule has 0 saturated carbocycles. The van der Waals surface area contributed by atoms with Crippen LogP contribution in [-0.2, 0) is 5.33 Å². The van der Waals surface area contributed by atoms with Gasteiger partial charge in [-0.2, -0.15) is 0 Å². The number of benzene rings is 1. The van der Waals surface area contributed by atoms with Crippen LogP contribution < -0.4 is 4.90 Å². The van der Waals surface area contributed by atoms with Gasteiger partial charge in [0.1, 0.15) is 5.82 Å². The molecule has 0 radical (unpaired) electrons. The topological polar surface area (TPSA) is 6.48 Å². The Morgan fingerprint density at radius 3 is 2.78 bits per heavy atom. The quantitative estimate of drug-likeness (QED) is 0.790. The van der Waals surface area contributed by atoms with Crippen molar-refractivity contribution in [1.29, 1.82) is 0 Å². The predicted molar refractivity (Wildman–Crippen MR) is 78.0 cm³/mol. The summed E-state index contributed by atoms with van der Waals surface area (Å²) in [5, 5.41) is 0.699. The van der Waals surface area contributed by atoms with E-state index in [4.69, 9.17) is 0 Å². The smallest absolute Gasteiger partial charge is 0.146 e. The number of alkyl halides is 1. The van der Waals surface area contributed by atoms with E-state index in [0.29, 0.717) is 11.4 Å². The minimum absolute atomic E-state index is 0.105. The summed E-state index contributed by atoms with van der Waals surface area (Å²) >= 11 is 3.35. The lowest BCUT2D eigenvalue weighted by Crippen LogP contribution is -2.51. The first-order valence-electron chi connectivity index (χ1n) is 6.45. The van der Waals surface area contributed by atoms with Gasteiger partial charge in [-0.25, -0.2) is 4.39 Å². The average Bonchev–Trinajstić information content (AvgIpc) is 2.39. The van der Waals surface area contributed by atoms with E-state index in [1.165, 1.54) is 0 Å². The second kappa shape index (κ2) is 6.02. The van der Waals surface area contributed by atoms with Crippen molar-refractivity contribution in [2.75, 3.05) is 31.6 Å². The molecule has 1 aliphatic heterocycles. The summed E-state index contributed by atoms with van der Waals surface area (Å²) in [7, 11) is 2.15. The molecule has 0 spiro atoms. The molecule has 0 amide bonds. The van der Waals surface area contributed by atoms with Crippen LogP contribution in [0.3, 0.4) is 0 Å². The molecule has 1 unspecified atom stereocenters. The third-order valence-electron chi connectivity index (χ3n) is 3.76. The molecule has 0 bridgehead atoms. The van der Waals surface area contributed by atoms with Gasteiger partial charge in [0, 0.05) is 31.0 Å². The molecule has 0 aliphatic carbocycles. The maximum Gasteiger partial charge on any atom is 0.146 e. The fourth-order valence-corrected chi connectivity index (χ4v) is 2.84. The number of likely N-dealkylation sites (N-methyl/N-ethyl adjacent to an activating group) is 1. The van der Waals surface area contributed by atoms with Crippen LogP contribution in [0.2, 0.25) is 0 Å². The molecule has 2 rings (SSSR count). The first-order valence-corrected chi connectivity index (χ1v) is 7.57. The number of piperazine rings is 1. The maximum atomic E-state index is 14.1. The van der Waals surface area contributed by atoms with E-state index in [1.807, 2.05) is 12.1 Å². The van der Waals surface area contributed by atoms with Gasteiger partial charge in [-0.3, -0.25) is 4.90 Å². The van der Waals surface area contributed by atoms with Crippen molar-refractivity contribution in [3.8, 4) is 0 Å². The molecule has 2 nitrogen and oxygen atoms in total. The van der Waals surface area contributed by atoms with Gasteiger partial charge in [-0.1, -0.05) is 28.9 Å². The molecule has 100 valence electrons. The van der Waals surface area contributed by atoms with Crippen molar-refractivity contribution in [3.63, 3.8) is 0 Å². The third-order valence-corrected chi connectivity index (χ3v) is 4.40. The van der Waals surface area contributed by atoms with Gasteiger partial charge in [-0.15, -0.1) is 0 Å². The highest BCUT2D eigenvalue weighted by Crippen LogP contribution is 2.24. The van der Waals surface area contributed by atoms with Crippen LogP contribution in [0, 0.1) is 5.82 Å². The van der Waals surface area contributed by atoms with Crippen LogP contribution in [0.25, 0.3) is 0 Å². The highest BCUT2D eigenvalue weighted by atomic mass is 79.9. The molecule has 1 heterocycles. The summed E-state index contributed by atoms with van der Waals surface area (Å²) in [6.45, 7) is 5.00. The molecule has 1 aromatic rings. The molecular formula is C14H20BrFN2. The Morgan fingerprint density at radius 2 is 2.17 bits per heavy atom. The summed E-state index contributed by atoms with van der Waals surface area (Å²) in [4.78, 5) is 4.53.